The highest BCUT2D eigenvalue weighted by molar-refractivity contribution is 5.94. The maximum absolute atomic E-state index is 13.5. The summed E-state index contributed by atoms with van der Waals surface area (Å²) in [5, 5.41) is 0. The molecular weight excluding hydrogens is 362 g/mol. The molecule has 3 aromatic carbocycles. The van der Waals surface area contributed by atoms with Gasteiger partial charge in [0.1, 0.15) is 0 Å². The highest BCUT2D eigenvalue weighted by Gasteiger charge is 2.24. The monoisotopic (exact) mass is 387 g/mol. The molecule has 4 rings (SSSR count). The summed E-state index contributed by atoms with van der Waals surface area (Å²) in [6.07, 6.45) is 0.954. The van der Waals surface area contributed by atoms with E-state index in [9.17, 15) is 4.79 Å². The Labute approximate surface area is 171 Å². The SMILES string of the molecule is CCc1ccc(C(=O)N(Cc2ccc3c(c2)OCO3)C(C)c2ccccc2)cc1. The van der Waals surface area contributed by atoms with E-state index in [0.29, 0.717) is 12.1 Å². The first-order chi connectivity index (χ1) is 14.2. The zero-order valence-corrected chi connectivity index (χ0v) is 16.8. The van der Waals surface area contributed by atoms with E-state index >= 15 is 0 Å². The van der Waals surface area contributed by atoms with Crippen LogP contribution in [0.2, 0.25) is 0 Å². The molecular formula is C25H25NO3. The summed E-state index contributed by atoms with van der Waals surface area (Å²) in [7, 11) is 0. The molecule has 1 atom stereocenters. The summed E-state index contributed by atoms with van der Waals surface area (Å²) in [4.78, 5) is 15.4. The molecule has 4 nitrogen and oxygen atoms in total. The van der Waals surface area contributed by atoms with Gasteiger partial charge in [0.2, 0.25) is 6.79 Å². The second kappa shape index (κ2) is 8.39. The van der Waals surface area contributed by atoms with Crippen molar-refractivity contribution >= 4 is 5.91 Å². The minimum absolute atomic E-state index is 0.0154. The molecule has 4 heteroatoms. The third-order valence-corrected chi connectivity index (χ3v) is 5.41. The molecule has 0 saturated carbocycles. The smallest absolute Gasteiger partial charge is 0.254 e. The van der Waals surface area contributed by atoms with Crippen molar-refractivity contribution in [1.29, 1.82) is 0 Å². The summed E-state index contributed by atoms with van der Waals surface area (Å²) in [6, 6.07) is 23.8. The van der Waals surface area contributed by atoms with Gasteiger partial charge in [-0.25, -0.2) is 0 Å². The zero-order chi connectivity index (χ0) is 20.2. The Bertz CT molecular complexity index is 983. The second-order valence-electron chi connectivity index (χ2n) is 7.26. The first kappa shape index (κ1) is 19.1. The van der Waals surface area contributed by atoms with Crippen molar-refractivity contribution in [3.05, 3.63) is 95.1 Å². The molecule has 0 aromatic heterocycles. The topological polar surface area (TPSA) is 38.8 Å². The van der Waals surface area contributed by atoms with Gasteiger partial charge in [-0.15, -0.1) is 0 Å². The summed E-state index contributed by atoms with van der Waals surface area (Å²) in [5.74, 6) is 1.49. The Hall–Kier alpha value is -3.27. The molecule has 0 saturated heterocycles. The Balaban J connectivity index is 1.65. The summed E-state index contributed by atoms with van der Waals surface area (Å²) in [5.41, 5.74) is 4.04. The third-order valence-electron chi connectivity index (χ3n) is 5.41. The average Bonchev–Trinajstić information content (AvgIpc) is 3.25. The Morgan fingerprint density at radius 2 is 1.62 bits per heavy atom. The Morgan fingerprint density at radius 3 is 2.34 bits per heavy atom. The van der Waals surface area contributed by atoms with Gasteiger partial charge in [0, 0.05) is 12.1 Å². The molecule has 0 spiro atoms. The van der Waals surface area contributed by atoms with Gasteiger partial charge < -0.3 is 14.4 Å². The fraction of sp³-hybridized carbons (Fsp3) is 0.240. The van der Waals surface area contributed by atoms with Crippen molar-refractivity contribution < 1.29 is 14.3 Å². The highest BCUT2D eigenvalue weighted by atomic mass is 16.7. The van der Waals surface area contributed by atoms with Crippen molar-refractivity contribution in [1.82, 2.24) is 4.90 Å². The van der Waals surface area contributed by atoms with Crippen LogP contribution in [0.3, 0.4) is 0 Å². The number of carbonyl (C=O) groups excluding carboxylic acids is 1. The van der Waals surface area contributed by atoms with Gasteiger partial charge in [-0.3, -0.25) is 4.79 Å². The first-order valence-electron chi connectivity index (χ1n) is 9.99. The highest BCUT2D eigenvalue weighted by Crippen LogP contribution is 2.34. The molecule has 1 heterocycles. The van der Waals surface area contributed by atoms with Crippen LogP contribution < -0.4 is 9.47 Å². The van der Waals surface area contributed by atoms with E-state index in [1.54, 1.807) is 0 Å². The molecule has 0 N–H and O–H groups in total. The number of hydrogen-bond acceptors (Lipinski definition) is 3. The van der Waals surface area contributed by atoms with E-state index in [4.69, 9.17) is 9.47 Å². The molecule has 1 aliphatic heterocycles. The van der Waals surface area contributed by atoms with Crippen LogP contribution in [0, 0.1) is 0 Å². The molecule has 1 amide bonds. The van der Waals surface area contributed by atoms with Crippen LogP contribution in [0.25, 0.3) is 0 Å². The number of benzene rings is 3. The van der Waals surface area contributed by atoms with Crippen molar-refractivity contribution in [3.8, 4) is 11.5 Å². The lowest BCUT2D eigenvalue weighted by Crippen LogP contribution is -2.33. The number of amides is 1. The summed E-state index contributed by atoms with van der Waals surface area (Å²) < 4.78 is 10.9. The lowest BCUT2D eigenvalue weighted by molar-refractivity contribution is 0.0674. The zero-order valence-electron chi connectivity index (χ0n) is 16.8. The molecule has 3 aromatic rings. The number of fused-ring (bicyclic) bond motifs is 1. The van der Waals surface area contributed by atoms with Crippen LogP contribution in [-0.4, -0.2) is 17.6 Å². The van der Waals surface area contributed by atoms with Crippen molar-refractivity contribution in [2.75, 3.05) is 6.79 Å². The number of aryl methyl sites for hydroxylation is 1. The first-order valence-corrected chi connectivity index (χ1v) is 9.99. The van der Waals surface area contributed by atoms with Crippen molar-refractivity contribution in [2.45, 2.75) is 32.9 Å². The minimum Gasteiger partial charge on any atom is -0.454 e. The van der Waals surface area contributed by atoms with Gasteiger partial charge in [-0.1, -0.05) is 55.5 Å². The second-order valence-corrected chi connectivity index (χ2v) is 7.26. The van der Waals surface area contributed by atoms with Gasteiger partial charge >= 0.3 is 0 Å². The number of carbonyl (C=O) groups is 1. The molecule has 0 bridgehead atoms. The quantitative estimate of drug-likeness (QED) is 0.570. The minimum atomic E-state index is -0.0695. The molecule has 0 radical (unpaired) electrons. The van der Waals surface area contributed by atoms with Crippen LogP contribution in [0.15, 0.2) is 72.8 Å². The van der Waals surface area contributed by atoms with Crippen LogP contribution in [0.5, 0.6) is 11.5 Å². The molecule has 29 heavy (non-hydrogen) atoms. The largest absolute Gasteiger partial charge is 0.454 e. The van der Waals surface area contributed by atoms with Crippen molar-refractivity contribution in [3.63, 3.8) is 0 Å². The van der Waals surface area contributed by atoms with E-state index in [-0.39, 0.29) is 18.7 Å². The maximum atomic E-state index is 13.5. The lowest BCUT2D eigenvalue weighted by atomic mass is 10.0. The maximum Gasteiger partial charge on any atom is 0.254 e. The number of nitrogens with zero attached hydrogens (tertiary/aromatic N) is 1. The van der Waals surface area contributed by atoms with Crippen LogP contribution >= 0.6 is 0 Å². The van der Waals surface area contributed by atoms with Crippen molar-refractivity contribution in [2.24, 2.45) is 0 Å². The summed E-state index contributed by atoms with van der Waals surface area (Å²) >= 11 is 0. The standard InChI is InChI=1S/C25H25NO3/c1-3-19-9-12-22(13-10-19)25(27)26(18(2)21-7-5-4-6-8-21)16-20-11-14-23-24(15-20)29-17-28-23/h4-15,18H,3,16-17H2,1-2H3. The van der Waals surface area contributed by atoms with E-state index in [1.165, 1.54) is 5.56 Å². The average molecular weight is 387 g/mol. The normalized spacial score (nSPS) is 13.2. The third kappa shape index (κ3) is 4.11. The van der Waals surface area contributed by atoms with Crippen LogP contribution in [0.1, 0.15) is 46.9 Å². The van der Waals surface area contributed by atoms with Crippen LogP contribution in [-0.2, 0) is 13.0 Å². The Morgan fingerprint density at radius 1 is 0.931 bits per heavy atom. The molecule has 0 aliphatic carbocycles. The van der Waals surface area contributed by atoms with Crippen LogP contribution in [0.4, 0.5) is 0 Å². The summed E-state index contributed by atoms with van der Waals surface area (Å²) in [6.45, 7) is 4.91. The predicted molar refractivity (Wildman–Crippen MR) is 113 cm³/mol. The van der Waals surface area contributed by atoms with Gasteiger partial charge in [0.25, 0.3) is 5.91 Å². The number of ether oxygens (including phenoxy) is 2. The fourth-order valence-corrected chi connectivity index (χ4v) is 3.58. The van der Waals surface area contributed by atoms with E-state index in [1.807, 2.05) is 65.6 Å². The van der Waals surface area contributed by atoms with E-state index in [2.05, 4.69) is 26.0 Å². The lowest BCUT2D eigenvalue weighted by Gasteiger charge is -2.30. The van der Waals surface area contributed by atoms with Gasteiger partial charge in [-0.05, 0) is 54.3 Å². The molecule has 148 valence electrons. The van der Waals surface area contributed by atoms with Gasteiger partial charge in [0.15, 0.2) is 11.5 Å². The number of rotatable bonds is 6. The number of hydrogen-bond donors (Lipinski definition) is 0. The van der Waals surface area contributed by atoms with Gasteiger partial charge in [-0.2, -0.15) is 0 Å². The fourth-order valence-electron chi connectivity index (χ4n) is 3.58. The predicted octanol–water partition coefficient (Wildman–Crippen LogP) is 5.38. The van der Waals surface area contributed by atoms with E-state index in [0.717, 1.165) is 29.0 Å². The van der Waals surface area contributed by atoms with Gasteiger partial charge in [0.05, 0.1) is 6.04 Å². The Kier molecular flexibility index (Phi) is 5.52. The molecule has 1 unspecified atom stereocenters. The van der Waals surface area contributed by atoms with E-state index < -0.39 is 0 Å². The molecule has 0 fully saturated rings. The molecule has 1 aliphatic rings.